The summed E-state index contributed by atoms with van der Waals surface area (Å²) in [5, 5.41) is 6.01. The fraction of sp³-hybridized carbons (Fsp3) is 0.643. The minimum atomic E-state index is -0.170. The molecule has 106 valence electrons. The monoisotopic (exact) mass is 264 g/mol. The molecule has 0 aromatic carbocycles. The molecule has 0 aliphatic heterocycles. The molecule has 0 atom stereocenters. The van der Waals surface area contributed by atoms with E-state index in [9.17, 15) is 4.79 Å². The fourth-order valence-corrected chi connectivity index (χ4v) is 1.32. The average Bonchev–Trinajstić information content (AvgIpc) is 2.43. The minimum Gasteiger partial charge on any atom is -0.369 e. The van der Waals surface area contributed by atoms with Crippen LogP contribution >= 0.6 is 0 Å². The van der Waals surface area contributed by atoms with Crippen molar-refractivity contribution in [2.24, 2.45) is 5.41 Å². The molecule has 0 fully saturated rings. The van der Waals surface area contributed by atoms with E-state index in [1.165, 1.54) is 6.20 Å². The number of carbonyl (C=O) groups is 1. The highest BCUT2D eigenvalue weighted by molar-refractivity contribution is 5.92. The van der Waals surface area contributed by atoms with E-state index in [1.54, 1.807) is 6.20 Å². The van der Waals surface area contributed by atoms with E-state index in [0.717, 1.165) is 19.4 Å². The van der Waals surface area contributed by atoms with Gasteiger partial charge in [0, 0.05) is 13.1 Å². The number of anilines is 1. The second kappa shape index (κ2) is 7.07. The molecule has 0 bridgehead atoms. The molecule has 0 aliphatic rings. The van der Waals surface area contributed by atoms with Crippen molar-refractivity contribution in [3.8, 4) is 0 Å². The lowest BCUT2D eigenvalue weighted by molar-refractivity contribution is 0.0930. The Morgan fingerprint density at radius 1 is 1.26 bits per heavy atom. The van der Waals surface area contributed by atoms with E-state index >= 15 is 0 Å². The van der Waals surface area contributed by atoms with Crippen LogP contribution in [0.15, 0.2) is 12.4 Å². The number of rotatable bonds is 7. The van der Waals surface area contributed by atoms with Crippen molar-refractivity contribution < 1.29 is 4.79 Å². The summed E-state index contributed by atoms with van der Waals surface area (Å²) >= 11 is 0. The smallest absolute Gasteiger partial charge is 0.271 e. The molecule has 0 saturated carbocycles. The first-order valence-corrected chi connectivity index (χ1v) is 6.82. The fourth-order valence-electron chi connectivity index (χ4n) is 1.32. The molecule has 0 saturated heterocycles. The Morgan fingerprint density at radius 2 is 2.00 bits per heavy atom. The van der Waals surface area contributed by atoms with Gasteiger partial charge in [0.05, 0.1) is 12.4 Å². The molecule has 0 unspecified atom stereocenters. The largest absolute Gasteiger partial charge is 0.369 e. The van der Waals surface area contributed by atoms with Gasteiger partial charge >= 0.3 is 0 Å². The predicted molar refractivity (Wildman–Crippen MR) is 77.2 cm³/mol. The summed E-state index contributed by atoms with van der Waals surface area (Å²) in [6.45, 7) is 9.93. The van der Waals surface area contributed by atoms with Crippen molar-refractivity contribution in [2.75, 3.05) is 18.4 Å². The molecule has 5 heteroatoms. The molecule has 0 aliphatic carbocycles. The third-order valence-corrected chi connectivity index (χ3v) is 3.13. The van der Waals surface area contributed by atoms with Gasteiger partial charge in [-0.2, -0.15) is 0 Å². The summed E-state index contributed by atoms with van der Waals surface area (Å²) in [6, 6.07) is 0. The lowest BCUT2D eigenvalue weighted by atomic mass is 9.90. The number of amides is 1. The van der Waals surface area contributed by atoms with E-state index in [1.807, 2.05) is 0 Å². The third-order valence-electron chi connectivity index (χ3n) is 3.13. The van der Waals surface area contributed by atoms with Crippen LogP contribution in [0.25, 0.3) is 0 Å². The SMILES string of the molecule is CCCNc1cnc(C(=O)NCC(C)(C)CC)cn1. The molecule has 19 heavy (non-hydrogen) atoms. The number of nitrogens with one attached hydrogen (secondary N) is 2. The first kappa shape index (κ1) is 15.4. The molecule has 0 spiro atoms. The van der Waals surface area contributed by atoms with E-state index in [2.05, 4.69) is 48.3 Å². The maximum Gasteiger partial charge on any atom is 0.271 e. The van der Waals surface area contributed by atoms with Crippen LogP contribution in [0.5, 0.6) is 0 Å². The normalized spacial score (nSPS) is 11.2. The molecule has 1 aromatic rings. The van der Waals surface area contributed by atoms with Gasteiger partial charge in [0.15, 0.2) is 0 Å². The van der Waals surface area contributed by atoms with E-state index in [4.69, 9.17) is 0 Å². The number of aromatic nitrogens is 2. The third kappa shape index (κ3) is 5.24. The zero-order chi connectivity index (χ0) is 14.3. The Labute approximate surface area is 115 Å². The van der Waals surface area contributed by atoms with E-state index in [-0.39, 0.29) is 11.3 Å². The van der Waals surface area contributed by atoms with Gasteiger partial charge in [-0.15, -0.1) is 0 Å². The minimum absolute atomic E-state index is 0.103. The van der Waals surface area contributed by atoms with Crippen LogP contribution in [0.2, 0.25) is 0 Å². The zero-order valence-electron chi connectivity index (χ0n) is 12.3. The van der Waals surface area contributed by atoms with Crippen LogP contribution in [-0.2, 0) is 0 Å². The molecule has 1 aromatic heterocycles. The van der Waals surface area contributed by atoms with Crippen LogP contribution in [0, 0.1) is 5.41 Å². The first-order chi connectivity index (χ1) is 8.98. The van der Waals surface area contributed by atoms with Crippen molar-refractivity contribution in [1.82, 2.24) is 15.3 Å². The van der Waals surface area contributed by atoms with Gasteiger partial charge in [0.25, 0.3) is 5.91 Å². The Morgan fingerprint density at radius 3 is 2.53 bits per heavy atom. The summed E-state index contributed by atoms with van der Waals surface area (Å²) in [5.41, 5.74) is 0.458. The Kier molecular flexibility index (Phi) is 5.73. The number of nitrogens with zero attached hydrogens (tertiary/aromatic N) is 2. The van der Waals surface area contributed by atoms with E-state index in [0.29, 0.717) is 18.1 Å². The highest BCUT2D eigenvalue weighted by atomic mass is 16.1. The van der Waals surface area contributed by atoms with Crippen LogP contribution in [0.3, 0.4) is 0 Å². The summed E-state index contributed by atoms with van der Waals surface area (Å²) in [4.78, 5) is 20.2. The molecule has 1 heterocycles. The van der Waals surface area contributed by atoms with Gasteiger partial charge < -0.3 is 10.6 Å². The Bertz CT molecular complexity index is 400. The predicted octanol–water partition coefficient (Wildman–Crippen LogP) is 2.46. The molecule has 1 rings (SSSR count). The molecule has 1 amide bonds. The molecule has 2 N–H and O–H groups in total. The number of hydrogen-bond donors (Lipinski definition) is 2. The van der Waals surface area contributed by atoms with Crippen LogP contribution in [0.1, 0.15) is 51.0 Å². The number of hydrogen-bond acceptors (Lipinski definition) is 4. The van der Waals surface area contributed by atoms with Crippen molar-refractivity contribution in [3.63, 3.8) is 0 Å². The van der Waals surface area contributed by atoms with Crippen LogP contribution < -0.4 is 10.6 Å². The maximum atomic E-state index is 11.9. The van der Waals surface area contributed by atoms with Gasteiger partial charge in [-0.1, -0.05) is 27.7 Å². The first-order valence-electron chi connectivity index (χ1n) is 6.82. The highest BCUT2D eigenvalue weighted by Gasteiger charge is 2.17. The summed E-state index contributed by atoms with van der Waals surface area (Å²) in [5.74, 6) is 0.531. The number of carbonyl (C=O) groups excluding carboxylic acids is 1. The van der Waals surface area contributed by atoms with Gasteiger partial charge in [0.1, 0.15) is 11.5 Å². The summed E-state index contributed by atoms with van der Waals surface area (Å²) < 4.78 is 0. The Balaban J connectivity index is 2.53. The van der Waals surface area contributed by atoms with Crippen molar-refractivity contribution >= 4 is 11.7 Å². The van der Waals surface area contributed by atoms with E-state index < -0.39 is 0 Å². The van der Waals surface area contributed by atoms with Crippen LogP contribution in [0.4, 0.5) is 5.82 Å². The van der Waals surface area contributed by atoms with Crippen molar-refractivity contribution in [1.29, 1.82) is 0 Å². The topological polar surface area (TPSA) is 66.9 Å². The zero-order valence-corrected chi connectivity index (χ0v) is 12.3. The van der Waals surface area contributed by atoms with Crippen LogP contribution in [-0.4, -0.2) is 29.0 Å². The maximum absolute atomic E-state index is 11.9. The Hall–Kier alpha value is -1.65. The quantitative estimate of drug-likeness (QED) is 0.794. The molecular formula is C14H24N4O. The van der Waals surface area contributed by atoms with Gasteiger partial charge in [-0.05, 0) is 18.3 Å². The molecule has 5 nitrogen and oxygen atoms in total. The lowest BCUT2D eigenvalue weighted by Gasteiger charge is -2.22. The second-order valence-electron chi connectivity index (χ2n) is 5.41. The molecule has 0 radical (unpaired) electrons. The van der Waals surface area contributed by atoms with Gasteiger partial charge in [-0.25, -0.2) is 9.97 Å². The molecular weight excluding hydrogens is 240 g/mol. The second-order valence-corrected chi connectivity index (χ2v) is 5.41. The van der Waals surface area contributed by atoms with Crippen molar-refractivity contribution in [3.05, 3.63) is 18.1 Å². The van der Waals surface area contributed by atoms with Gasteiger partial charge in [0.2, 0.25) is 0 Å². The summed E-state index contributed by atoms with van der Waals surface area (Å²) in [6.07, 6.45) is 5.14. The highest BCUT2D eigenvalue weighted by Crippen LogP contribution is 2.17. The summed E-state index contributed by atoms with van der Waals surface area (Å²) in [7, 11) is 0. The standard InChI is InChI=1S/C14H24N4O/c1-5-7-15-12-9-16-11(8-17-12)13(19)18-10-14(3,4)6-2/h8-9H,5-7,10H2,1-4H3,(H,15,17)(H,18,19). The lowest BCUT2D eigenvalue weighted by Crippen LogP contribution is -2.34. The average molecular weight is 264 g/mol. The van der Waals surface area contributed by atoms with Crippen molar-refractivity contribution in [2.45, 2.75) is 40.5 Å². The van der Waals surface area contributed by atoms with Gasteiger partial charge in [-0.3, -0.25) is 4.79 Å².